The van der Waals surface area contributed by atoms with Gasteiger partial charge in [-0.1, -0.05) is 12.8 Å². The van der Waals surface area contributed by atoms with E-state index in [4.69, 9.17) is 4.42 Å². The molecule has 2 aliphatic rings. The van der Waals surface area contributed by atoms with Crippen molar-refractivity contribution in [3.63, 3.8) is 0 Å². The lowest BCUT2D eigenvalue weighted by atomic mass is 9.85. The molecule has 3 unspecified atom stereocenters. The van der Waals surface area contributed by atoms with Gasteiger partial charge < -0.3 is 15.1 Å². The van der Waals surface area contributed by atoms with Gasteiger partial charge in [0.15, 0.2) is 0 Å². The molecular formula is C14H20N2O2. The second kappa shape index (κ2) is 5.14. The maximum Gasteiger partial charge on any atom is 0.237 e. The third-order valence-electron chi connectivity index (χ3n) is 4.23. The van der Waals surface area contributed by atoms with Crippen LogP contribution < -0.4 is 10.6 Å². The first-order valence-corrected chi connectivity index (χ1v) is 6.88. The van der Waals surface area contributed by atoms with Crippen molar-refractivity contribution in [1.82, 2.24) is 10.6 Å². The van der Waals surface area contributed by atoms with Gasteiger partial charge in [0.05, 0.1) is 18.6 Å². The van der Waals surface area contributed by atoms with Crippen molar-refractivity contribution in [3.05, 3.63) is 24.2 Å². The summed E-state index contributed by atoms with van der Waals surface area (Å²) in [5, 5.41) is 6.46. The third-order valence-corrected chi connectivity index (χ3v) is 4.23. The molecule has 3 rings (SSSR count). The largest absolute Gasteiger partial charge is 0.472 e. The maximum absolute atomic E-state index is 12.1. The monoisotopic (exact) mass is 248 g/mol. The third kappa shape index (κ3) is 2.43. The molecule has 1 aromatic heterocycles. The molecule has 1 aliphatic carbocycles. The van der Waals surface area contributed by atoms with Gasteiger partial charge in [0.25, 0.3) is 0 Å². The first-order valence-electron chi connectivity index (χ1n) is 6.88. The molecule has 18 heavy (non-hydrogen) atoms. The van der Waals surface area contributed by atoms with Gasteiger partial charge >= 0.3 is 0 Å². The Morgan fingerprint density at radius 3 is 3.11 bits per heavy atom. The quantitative estimate of drug-likeness (QED) is 0.858. The molecule has 0 radical (unpaired) electrons. The molecule has 2 N–H and O–H groups in total. The van der Waals surface area contributed by atoms with Gasteiger partial charge in [-0.15, -0.1) is 0 Å². The van der Waals surface area contributed by atoms with Crippen LogP contribution in [0.4, 0.5) is 0 Å². The molecule has 2 fully saturated rings. The summed E-state index contributed by atoms with van der Waals surface area (Å²) in [6.45, 7) is 0.558. The Balaban J connectivity index is 1.51. The van der Waals surface area contributed by atoms with Crippen LogP contribution in [-0.2, 0) is 11.3 Å². The van der Waals surface area contributed by atoms with Crippen LogP contribution in [0.15, 0.2) is 23.0 Å². The fraction of sp³-hybridized carbons (Fsp3) is 0.643. The van der Waals surface area contributed by atoms with E-state index in [0.717, 1.165) is 12.0 Å². The molecule has 4 nitrogen and oxygen atoms in total. The normalized spacial score (nSPS) is 31.0. The van der Waals surface area contributed by atoms with Crippen LogP contribution >= 0.6 is 0 Å². The maximum atomic E-state index is 12.1. The van der Waals surface area contributed by atoms with E-state index in [2.05, 4.69) is 10.6 Å². The lowest BCUT2D eigenvalue weighted by molar-refractivity contribution is -0.123. The Morgan fingerprint density at radius 1 is 1.44 bits per heavy atom. The number of carbonyl (C=O) groups excluding carboxylic acids is 1. The van der Waals surface area contributed by atoms with E-state index in [-0.39, 0.29) is 11.9 Å². The molecule has 0 bridgehead atoms. The van der Waals surface area contributed by atoms with E-state index in [9.17, 15) is 4.79 Å². The minimum atomic E-state index is 0.00463. The van der Waals surface area contributed by atoms with E-state index in [1.165, 1.54) is 25.7 Å². The van der Waals surface area contributed by atoms with Crippen molar-refractivity contribution in [2.45, 2.75) is 50.7 Å². The minimum absolute atomic E-state index is 0.00463. The van der Waals surface area contributed by atoms with Crippen molar-refractivity contribution in [2.75, 3.05) is 0 Å². The van der Waals surface area contributed by atoms with Gasteiger partial charge in [0.2, 0.25) is 5.91 Å². The topological polar surface area (TPSA) is 54.3 Å². The SMILES string of the molecule is O=C(NCc1ccoc1)C1CC2CCCCC2N1. The summed E-state index contributed by atoms with van der Waals surface area (Å²) in [6.07, 6.45) is 9.44. The average molecular weight is 248 g/mol. The first-order chi connectivity index (χ1) is 8.83. The summed E-state index contributed by atoms with van der Waals surface area (Å²) in [4.78, 5) is 12.1. The summed E-state index contributed by atoms with van der Waals surface area (Å²) >= 11 is 0. The first kappa shape index (κ1) is 11.8. The number of carbonyl (C=O) groups is 1. The fourth-order valence-electron chi connectivity index (χ4n) is 3.23. The van der Waals surface area contributed by atoms with Gasteiger partial charge in [-0.25, -0.2) is 0 Å². The predicted octanol–water partition coefficient (Wildman–Crippen LogP) is 1.82. The average Bonchev–Trinajstić information content (AvgIpc) is 3.04. The van der Waals surface area contributed by atoms with Gasteiger partial charge in [-0.2, -0.15) is 0 Å². The van der Waals surface area contributed by atoms with Crippen molar-refractivity contribution in [2.24, 2.45) is 5.92 Å². The highest BCUT2D eigenvalue weighted by atomic mass is 16.3. The summed E-state index contributed by atoms with van der Waals surface area (Å²) in [7, 11) is 0. The highest BCUT2D eigenvalue weighted by Crippen LogP contribution is 2.33. The standard InChI is InChI=1S/C14H20N2O2/c17-14(15-8-10-5-6-18-9-10)13-7-11-3-1-2-4-12(11)16-13/h5-6,9,11-13,16H,1-4,7-8H2,(H,15,17). The second-order valence-electron chi connectivity index (χ2n) is 5.46. The van der Waals surface area contributed by atoms with Crippen LogP contribution in [-0.4, -0.2) is 18.0 Å². The Bertz CT molecular complexity index is 388. The molecular weight excluding hydrogens is 228 g/mol. The Kier molecular flexibility index (Phi) is 3.37. The van der Waals surface area contributed by atoms with E-state index in [1.54, 1.807) is 12.5 Å². The Hall–Kier alpha value is -1.29. The number of rotatable bonds is 3. The van der Waals surface area contributed by atoms with Crippen LogP contribution in [0, 0.1) is 5.92 Å². The smallest absolute Gasteiger partial charge is 0.237 e. The van der Waals surface area contributed by atoms with Gasteiger partial charge in [-0.3, -0.25) is 4.79 Å². The summed E-state index contributed by atoms with van der Waals surface area (Å²) in [6, 6.07) is 2.45. The molecule has 0 spiro atoms. The predicted molar refractivity (Wildman–Crippen MR) is 67.8 cm³/mol. The number of fused-ring (bicyclic) bond motifs is 1. The number of nitrogens with one attached hydrogen (secondary N) is 2. The lowest BCUT2D eigenvalue weighted by Crippen LogP contribution is -2.42. The molecule has 98 valence electrons. The summed E-state index contributed by atoms with van der Waals surface area (Å²) in [5.74, 6) is 0.842. The molecule has 1 amide bonds. The molecule has 2 heterocycles. The molecule has 1 saturated carbocycles. The molecule has 3 atom stereocenters. The Morgan fingerprint density at radius 2 is 2.33 bits per heavy atom. The Labute approximate surface area is 107 Å². The molecule has 0 aromatic carbocycles. The zero-order chi connectivity index (χ0) is 12.4. The highest BCUT2D eigenvalue weighted by Gasteiger charge is 2.37. The van der Waals surface area contributed by atoms with Crippen molar-refractivity contribution < 1.29 is 9.21 Å². The molecule has 4 heteroatoms. The number of amides is 1. The van der Waals surface area contributed by atoms with Crippen molar-refractivity contribution >= 4 is 5.91 Å². The van der Waals surface area contributed by atoms with Crippen molar-refractivity contribution in [1.29, 1.82) is 0 Å². The molecule has 1 aliphatic heterocycles. The van der Waals surface area contributed by atoms with Gasteiger partial charge in [0, 0.05) is 18.2 Å². The number of furan rings is 1. The van der Waals surface area contributed by atoms with Crippen LogP contribution in [0.2, 0.25) is 0 Å². The minimum Gasteiger partial charge on any atom is -0.472 e. The van der Waals surface area contributed by atoms with Gasteiger partial charge in [0.1, 0.15) is 0 Å². The van der Waals surface area contributed by atoms with Crippen LogP contribution in [0.3, 0.4) is 0 Å². The van der Waals surface area contributed by atoms with E-state index < -0.39 is 0 Å². The van der Waals surface area contributed by atoms with Crippen LogP contribution in [0.25, 0.3) is 0 Å². The van der Waals surface area contributed by atoms with Gasteiger partial charge in [-0.05, 0) is 31.2 Å². The molecule has 1 aromatic rings. The van der Waals surface area contributed by atoms with E-state index in [0.29, 0.717) is 18.5 Å². The zero-order valence-electron chi connectivity index (χ0n) is 10.5. The van der Waals surface area contributed by atoms with Crippen LogP contribution in [0.1, 0.15) is 37.7 Å². The lowest BCUT2D eigenvalue weighted by Gasteiger charge is -2.24. The zero-order valence-corrected chi connectivity index (χ0v) is 10.5. The number of hydrogen-bond donors (Lipinski definition) is 2. The summed E-state index contributed by atoms with van der Waals surface area (Å²) < 4.78 is 4.98. The van der Waals surface area contributed by atoms with E-state index in [1.807, 2.05) is 6.07 Å². The van der Waals surface area contributed by atoms with Crippen LogP contribution in [0.5, 0.6) is 0 Å². The second-order valence-corrected chi connectivity index (χ2v) is 5.46. The van der Waals surface area contributed by atoms with E-state index >= 15 is 0 Å². The van der Waals surface area contributed by atoms with Crippen molar-refractivity contribution in [3.8, 4) is 0 Å². The number of hydrogen-bond acceptors (Lipinski definition) is 3. The summed E-state index contributed by atoms with van der Waals surface area (Å²) in [5.41, 5.74) is 1.01. The molecule has 1 saturated heterocycles. The highest BCUT2D eigenvalue weighted by molar-refractivity contribution is 5.82. The fourth-order valence-corrected chi connectivity index (χ4v) is 3.23.